The number of carboxylic acid groups (broad SMARTS) is 1. The summed E-state index contributed by atoms with van der Waals surface area (Å²) in [5, 5.41) is 10.6. The van der Waals surface area contributed by atoms with Gasteiger partial charge in [-0.05, 0) is 60.6 Å². The van der Waals surface area contributed by atoms with E-state index in [9.17, 15) is 9.90 Å². The third kappa shape index (κ3) is 5.38. The van der Waals surface area contributed by atoms with Crippen LogP contribution in [0.2, 0.25) is 0 Å². The van der Waals surface area contributed by atoms with Gasteiger partial charge < -0.3 is 14.7 Å². The number of methoxy groups -OCH3 is 1. The van der Waals surface area contributed by atoms with Crippen LogP contribution in [0.3, 0.4) is 0 Å². The van der Waals surface area contributed by atoms with Crippen molar-refractivity contribution >= 4 is 16.9 Å². The van der Waals surface area contributed by atoms with Crippen LogP contribution in [0.15, 0.2) is 73.1 Å². The fraction of sp³-hybridized carbons (Fsp3) is 0.357. The standard InChI is InChI=1S/C28H31FN2O3/c1-19(16-20-6-4-3-5-7-20)31-15-13-21(25(18-31)28(32)33)8-10-26(29)23-12-14-30-27-11-9-22(34-2)17-24(23)27/h3-7,9,11-12,14,17,21,25-26H,1,8,10,13,15-16,18H2,2H3,(H,32,33)/t21-,25+,26-/m1/s1. The highest BCUT2D eigenvalue weighted by molar-refractivity contribution is 5.83. The fourth-order valence-electron chi connectivity index (χ4n) is 4.92. The average Bonchev–Trinajstić information content (AvgIpc) is 2.86. The van der Waals surface area contributed by atoms with E-state index in [1.54, 1.807) is 25.4 Å². The number of halogens is 1. The van der Waals surface area contributed by atoms with Crippen molar-refractivity contribution in [3.05, 3.63) is 84.2 Å². The molecular weight excluding hydrogens is 431 g/mol. The van der Waals surface area contributed by atoms with Crippen molar-refractivity contribution < 1.29 is 19.0 Å². The minimum absolute atomic E-state index is 0.0702. The van der Waals surface area contributed by atoms with E-state index in [4.69, 9.17) is 4.74 Å². The number of rotatable bonds is 9. The topological polar surface area (TPSA) is 62.7 Å². The number of aromatic nitrogens is 1. The van der Waals surface area contributed by atoms with Crippen LogP contribution < -0.4 is 4.74 Å². The number of allylic oxidation sites excluding steroid dienone is 1. The van der Waals surface area contributed by atoms with E-state index in [-0.39, 0.29) is 12.3 Å². The maximum absolute atomic E-state index is 15.4. The molecule has 1 fully saturated rings. The number of nitrogens with zero attached hydrogens (tertiary/aromatic N) is 2. The summed E-state index contributed by atoms with van der Waals surface area (Å²) in [6, 6.07) is 17.2. The smallest absolute Gasteiger partial charge is 0.308 e. The van der Waals surface area contributed by atoms with Crippen LogP contribution in [-0.2, 0) is 11.2 Å². The van der Waals surface area contributed by atoms with Gasteiger partial charge in [0, 0.05) is 36.8 Å². The third-order valence-corrected chi connectivity index (χ3v) is 6.88. The zero-order valence-corrected chi connectivity index (χ0v) is 19.5. The molecule has 0 bridgehead atoms. The van der Waals surface area contributed by atoms with E-state index >= 15 is 4.39 Å². The Morgan fingerprint density at radius 3 is 2.79 bits per heavy atom. The van der Waals surface area contributed by atoms with Gasteiger partial charge in [-0.1, -0.05) is 36.9 Å². The van der Waals surface area contributed by atoms with Crippen molar-refractivity contribution in [3.8, 4) is 5.75 Å². The number of likely N-dealkylation sites (tertiary alicyclic amines) is 1. The van der Waals surface area contributed by atoms with E-state index in [0.717, 1.165) is 28.7 Å². The number of fused-ring (bicyclic) bond motifs is 1. The average molecular weight is 463 g/mol. The van der Waals surface area contributed by atoms with Gasteiger partial charge in [0.25, 0.3) is 0 Å². The number of pyridine rings is 1. The Bertz CT molecular complexity index is 1150. The molecule has 1 aliphatic rings. The van der Waals surface area contributed by atoms with E-state index in [1.807, 2.05) is 42.5 Å². The molecule has 3 aromatic rings. The maximum Gasteiger partial charge on any atom is 0.308 e. The molecule has 0 aliphatic carbocycles. The summed E-state index contributed by atoms with van der Waals surface area (Å²) in [5.74, 6) is -0.776. The van der Waals surface area contributed by atoms with Crippen LogP contribution in [0.4, 0.5) is 4.39 Å². The van der Waals surface area contributed by atoms with Gasteiger partial charge in [-0.25, -0.2) is 4.39 Å². The predicted octanol–water partition coefficient (Wildman–Crippen LogP) is 5.81. The molecule has 3 atom stereocenters. The Balaban J connectivity index is 1.40. The molecule has 34 heavy (non-hydrogen) atoms. The number of hydrogen-bond acceptors (Lipinski definition) is 4. The summed E-state index contributed by atoms with van der Waals surface area (Å²) < 4.78 is 20.7. The first-order valence-corrected chi connectivity index (χ1v) is 11.7. The minimum atomic E-state index is -1.20. The number of hydrogen-bond donors (Lipinski definition) is 1. The van der Waals surface area contributed by atoms with Crippen molar-refractivity contribution in [2.45, 2.75) is 31.9 Å². The fourth-order valence-corrected chi connectivity index (χ4v) is 4.92. The van der Waals surface area contributed by atoms with Crippen molar-refractivity contribution in [1.29, 1.82) is 0 Å². The van der Waals surface area contributed by atoms with E-state index in [0.29, 0.717) is 37.1 Å². The Morgan fingerprint density at radius 1 is 1.26 bits per heavy atom. The van der Waals surface area contributed by atoms with E-state index < -0.39 is 18.1 Å². The predicted molar refractivity (Wildman–Crippen MR) is 131 cm³/mol. The zero-order chi connectivity index (χ0) is 24.1. The van der Waals surface area contributed by atoms with Crippen LogP contribution in [0.1, 0.15) is 36.6 Å². The highest BCUT2D eigenvalue weighted by atomic mass is 19.1. The SMILES string of the molecule is C=C(Cc1ccccc1)N1CC[C@@H](CC[C@@H](F)c2ccnc3ccc(OC)cc23)[C@@H](C(=O)O)C1. The second kappa shape index (κ2) is 10.7. The molecule has 1 saturated heterocycles. The van der Waals surface area contributed by atoms with Gasteiger partial charge in [0.1, 0.15) is 11.9 Å². The summed E-state index contributed by atoms with van der Waals surface area (Å²) in [7, 11) is 1.58. The van der Waals surface area contributed by atoms with Gasteiger partial charge in [-0.2, -0.15) is 0 Å². The molecule has 0 unspecified atom stereocenters. The Kier molecular flexibility index (Phi) is 7.46. The second-order valence-electron chi connectivity index (χ2n) is 9.00. The quantitative estimate of drug-likeness (QED) is 0.435. The van der Waals surface area contributed by atoms with Crippen molar-refractivity contribution in [1.82, 2.24) is 9.88 Å². The van der Waals surface area contributed by atoms with Gasteiger partial charge in [-0.3, -0.25) is 9.78 Å². The largest absolute Gasteiger partial charge is 0.497 e. The lowest BCUT2D eigenvalue weighted by Crippen LogP contribution is -2.43. The van der Waals surface area contributed by atoms with E-state index in [1.165, 1.54) is 0 Å². The number of carboxylic acids is 1. The first-order chi connectivity index (χ1) is 16.5. The van der Waals surface area contributed by atoms with Gasteiger partial charge in [0.2, 0.25) is 0 Å². The summed E-state index contributed by atoms with van der Waals surface area (Å²) in [6.07, 6.45) is 2.62. The van der Waals surface area contributed by atoms with Crippen molar-refractivity contribution in [3.63, 3.8) is 0 Å². The van der Waals surface area contributed by atoms with Gasteiger partial charge in [0.15, 0.2) is 0 Å². The van der Waals surface area contributed by atoms with Gasteiger partial charge >= 0.3 is 5.97 Å². The minimum Gasteiger partial charge on any atom is -0.497 e. The zero-order valence-electron chi connectivity index (χ0n) is 19.5. The lowest BCUT2D eigenvalue weighted by Gasteiger charge is -2.39. The molecule has 1 aromatic heterocycles. The number of benzene rings is 2. The number of piperidine rings is 1. The summed E-state index contributed by atoms with van der Waals surface area (Å²) in [4.78, 5) is 18.5. The highest BCUT2D eigenvalue weighted by Gasteiger charge is 2.35. The first-order valence-electron chi connectivity index (χ1n) is 11.7. The highest BCUT2D eigenvalue weighted by Crippen LogP contribution is 2.36. The van der Waals surface area contributed by atoms with Crippen LogP contribution in [0.25, 0.3) is 10.9 Å². The normalized spacial score (nSPS) is 19.1. The molecule has 1 N–H and O–H groups in total. The molecular formula is C28H31FN2O3. The molecule has 5 nitrogen and oxygen atoms in total. The van der Waals surface area contributed by atoms with Crippen LogP contribution >= 0.6 is 0 Å². The molecule has 4 rings (SSSR count). The van der Waals surface area contributed by atoms with E-state index in [2.05, 4.69) is 16.5 Å². The number of ether oxygens (including phenoxy) is 1. The van der Waals surface area contributed by atoms with Crippen LogP contribution in [-0.4, -0.2) is 41.2 Å². The third-order valence-electron chi connectivity index (χ3n) is 6.88. The molecule has 0 saturated carbocycles. The second-order valence-corrected chi connectivity index (χ2v) is 9.00. The van der Waals surface area contributed by atoms with Gasteiger partial charge in [0.05, 0.1) is 18.5 Å². The summed E-state index contributed by atoms with van der Waals surface area (Å²) >= 11 is 0. The van der Waals surface area contributed by atoms with Crippen molar-refractivity contribution in [2.75, 3.05) is 20.2 Å². The Hall–Kier alpha value is -3.41. The number of aliphatic carboxylic acids is 1. The van der Waals surface area contributed by atoms with Crippen molar-refractivity contribution in [2.24, 2.45) is 11.8 Å². The molecule has 2 heterocycles. The summed E-state index contributed by atoms with van der Waals surface area (Å²) in [6.45, 7) is 5.36. The molecule has 2 aromatic carbocycles. The lowest BCUT2D eigenvalue weighted by atomic mass is 9.81. The monoisotopic (exact) mass is 462 g/mol. The molecule has 0 amide bonds. The maximum atomic E-state index is 15.4. The Morgan fingerprint density at radius 2 is 2.06 bits per heavy atom. The first kappa shape index (κ1) is 23.7. The van der Waals surface area contributed by atoms with Crippen LogP contribution in [0, 0.1) is 11.8 Å². The molecule has 1 aliphatic heterocycles. The van der Waals surface area contributed by atoms with Gasteiger partial charge in [-0.15, -0.1) is 0 Å². The number of alkyl halides is 1. The molecule has 0 spiro atoms. The van der Waals surface area contributed by atoms with Crippen LogP contribution in [0.5, 0.6) is 5.75 Å². The molecule has 0 radical (unpaired) electrons. The molecule has 178 valence electrons. The lowest BCUT2D eigenvalue weighted by molar-refractivity contribution is -0.145. The molecule has 6 heteroatoms. The Labute approximate surface area is 199 Å². The summed E-state index contributed by atoms with van der Waals surface area (Å²) in [5.41, 5.74) is 3.37. The number of carbonyl (C=O) groups is 1.